The molecule has 0 aromatic rings. The molecule has 1 aliphatic rings. The summed E-state index contributed by atoms with van der Waals surface area (Å²) in [5.74, 6) is -1.14. The monoisotopic (exact) mass is 273 g/mol. The molecule has 1 saturated carbocycles. The summed E-state index contributed by atoms with van der Waals surface area (Å²) in [5, 5.41) is 12.1. The van der Waals surface area contributed by atoms with Gasteiger partial charge in [0, 0.05) is 20.6 Å². The van der Waals surface area contributed by atoms with Crippen LogP contribution in [-0.4, -0.2) is 43.5 Å². The van der Waals surface area contributed by atoms with Crippen LogP contribution >= 0.6 is 0 Å². The van der Waals surface area contributed by atoms with E-state index in [4.69, 9.17) is 9.47 Å². The summed E-state index contributed by atoms with van der Waals surface area (Å²) in [6, 6.07) is -0.324. The quantitative estimate of drug-likeness (QED) is 0.680. The van der Waals surface area contributed by atoms with Gasteiger partial charge in [0.1, 0.15) is 0 Å². The molecule has 1 aliphatic carbocycles. The third-order valence-corrected chi connectivity index (χ3v) is 3.77. The number of carbonyl (C=O) groups excluding carboxylic acids is 1. The lowest BCUT2D eigenvalue weighted by atomic mass is 9.82. The number of carboxylic acids is 1. The van der Waals surface area contributed by atoms with Crippen LogP contribution in [0.2, 0.25) is 0 Å². The number of aliphatic carboxylic acids is 1. The molecular formula is C13H23NO5. The Hall–Kier alpha value is -1.14. The van der Waals surface area contributed by atoms with Gasteiger partial charge in [-0.1, -0.05) is 12.8 Å². The van der Waals surface area contributed by atoms with Crippen LogP contribution in [0.1, 0.15) is 39.0 Å². The Morgan fingerprint density at radius 1 is 1.26 bits per heavy atom. The number of carbonyl (C=O) groups is 2. The van der Waals surface area contributed by atoms with E-state index >= 15 is 0 Å². The van der Waals surface area contributed by atoms with Crippen molar-refractivity contribution in [1.29, 1.82) is 0 Å². The van der Waals surface area contributed by atoms with Gasteiger partial charge < -0.3 is 19.9 Å². The predicted octanol–water partition coefficient (Wildman–Crippen LogP) is 1.15. The fourth-order valence-electron chi connectivity index (χ4n) is 2.70. The number of hydrogen-bond acceptors (Lipinski definition) is 4. The van der Waals surface area contributed by atoms with E-state index < -0.39 is 17.7 Å². The number of nitrogens with one attached hydrogen (secondary N) is 1. The highest BCUT2D eigenvalue weighted by molar-refractivity contribution is 5.85. The Balaban J connectivity index is 2.56. The van der Waals surface area contributed by atoms with Crippen LogP contribution in [0.15, 0.2) is 0 Å². The van der Waals surface area contributed by atoms with E-state index in [0.717, 1.165) is 12.8 Å². The maximum Gasteiger partial charge on any atom is 0.310 e. The molecule has 0 aromatic carbocycles. The van der Waals surface area contributed by atoms with Crippen LogP contribution in [0, 0.1) is 5.41 Å². The molecule has 1 fully saturated rings. The molecule has 1 amide bonds. The molecule has 2 N–H and O–H groups in total. The van der Waals surface area contributed by atoms with E-state index in [1.807, 2.05) is 0 Å². The Kier molecular flexibility index (Phi) is 5.75. The van der Waals surface area contributed by atoms with Crippen molar-refractivity contribution in [3.05, 3.63) is 0 Å². The lowest BCUT2D eigenvalue weighted by molar-refractivity contribution is -0.152. The van der Waals surface area contributed by atoms with Gasteiger partial charge in [-0.15, -0.1) is 0 Å². The number of hydrogen-bond donors (Lipinski definition) is 2. The fraction of sp³-hybridized carbons (Fsp3) is 0.846. The molecule has 6 nitrogen and oxygen atoms in total. The summed E-state index contributed by atoms with van der Waals surface area (Å²) >= 11 is 0. The van der Waals surface area contributed by atoms with Crippen LogP contribution in [0.25, 0.3) is 0 Å². The SMILES string of the molecule is COC(OC)C(C)NC(=O)CC1(C(=O)O)CCCC1. The van der Waals surface area contributed by atoms with Crippen molar-refractivity contribution < 1.29 is 24.2 Å². The van der Waals surface area contributed by atoms with Gasteiger partial charge >= 0.3 is 5.97 Å². The van der Waals surface area contributed by atoms with Gasteiger partial charge in [0.05, 0.1) is 11.5 Å². The van der Waals surface area contributed by atoms with Gasteiger partial charge in [-0.3, -0.25) is 9.59 Å². The zero-order valence-electron chi connectivity index (χ0n) is 11.8. The molecule has 0 bridgehead atoms. The standard InChI is InChI=1S/C13H23NO5/c1-9(11(18-2)19-3)14-10(15)8-13(12(16)17)6-4-5-7-13/h9,11H,4-8H2,1-3H3,(H,14,15)(H,16,17). The summed E-state index contributed by atoms with van der Waals surface area (Å²) in [5.41, 5.74) is -0.889. The maximum atomic E-state index is 12.0. The van der Waals surface area contributed by atoms with Gasteiger partial charge in [0.15, 0.2) is 6.29 Å². The van der Waals surface area contributed by atoms with Crippen molar-refractivity contribution in [3.8, 4) is 0 Å². The summed E-state index contributed by atoms with van der Waals surface area (Å²) in [4.78, 5) is 23.3. The normalized spacial score (nSPS) is 19.4. The molecule has 0 spiro atoms. The van der Waals surface area contributed by atoms with Crippen molar-refractivity contribution in [2.75, 3.05) is 14.2 Å². The predicted molar refractivity (Wildman–Crippen MR) is 68.6 cm³/mol. The molecule has 0 aromatic heterocycles. The third kappa shape index (κ3) is 3.91. The average Bonchev–Trinajstić information content (AvgIpc) is 2.80. The zero-order valence-corrected chi connectivity index (χ0v) is 11.8. The fourth-order valence-corrected chi connectivity index (χ4v) is 2.70. The number of methoxy groups -OCH3 is 2. The molecule has 1 atom stereocenters. The van der Waals surface area contributed by atoms with E-state index in [1.54, 1.807) is 6.92 Å². The molecular weight excluding hydrogens is 250 g/mol. The second-order valence-electron chi connectivity index (χ2n) is 5.17. The average molecular weight is 273 g/mol. The van der Waals surface area contributed by atoms with Gasteiger partial charge in [-0.05, 0) is 19.8 Å². The molecule has 19 heavy (non-hydrogen) atoms. The first-order valence-corrected chi connectivity index (χ1v) is 6.53. The molecule has 0 saturated heterocycles. The highest BCUT2D eigenvalue weighted by Gasteiger charge is 2.43. The van der Waals surface area contributed by atoms with Crippen molar-refractivity contribution in [2.45, 2.75) is 51.4 Å². The van der Waals surface area contributed by atoms with Crippen LogP contribution in [0.5, 0.6) is 0 Å². The molecule has 1 unspecified atom stereocenters. The van der Waals surface area contributed by atoms with E-state index in [0.29, 0.717) is 12.8 Å². The second-order valence-corrected chi connectivity index (χ2v) is 5.17. The van der Waals surface area contributed by atoms with Gasteiger partial charge in [0.25, 0.3) is 0 Å². The maximum absolute atomic E-state index is 12.0. The molecule has 0 radical (unpaired) electrons. The first-order valence-electron chi connectivity index (χ1n) is 6.53. The van der Waals surface area contributed by atoms with E-state index in [1.165, 1.54) is 14.2 Å². The first-order chi connectivity index (χ1) is 8.95. The van der Waals surface area contributed by atoms with Crippen molar-refractivity contribution in [1.82, 2.24) is 5.32 Å². The molecule has 110 valence electrons. The highest BCUT2D eigenvalue weighted by atomic mass is 16.7. The van der Waals surface area contributed by atoms with Crippen molar-refractivity contribution in [3.63, 3.8) is 0 Å². The lowest BCUT2D eigenvalue weighted by Crippen LogP contribution is -2.45. The van der Waals surface area contributed by atoms with Crippen molar-refractivity contribution >= 4 is 11.9 Å². The van der Waals surface area contributed by atoms with Crippen LogP contribution in [-0.2, 0) is 19.1 Å². The molecule has 6 heteroatoms. The Bertz CT molecular complexity index is 321. The number of carboxylic acid groups (broad SMARTS) is 1. The number of ether oxygens (including phenoxy) is 2. The van der Waals surface area contributed by atoms with Crippen LogP contribution < -0.4 is 5.32 Å². The largest absolute Gasteiger partial charge is 0.481 e. The number of rotatable bonds is 7. The summed E-state index contributed by atoms with van der Waals surface area (Å²) in [7, 11) is 2.99. The summed E-state index contributed by atoms with van der Waals surface area (Å²) < 4.78 is 10.1. The summed E-state index contributed by atoms with van der Waals surface area (Å²) in [6.45, 7) is 1.76. The van der Waals surface area contributed by atoms with Crippen molar-refractivity contribution in [2.24, 2.45) is 5.41 Å². The van der Waals surface area contributed by atoms with Gasteiger partial charge in [0.2, 0.25) is 5.91 Å². The third-order valence-electron chi connectivity index (χ3n) is 3.77. The highest BCUT2D eigenvalue weighted by Crippen LogP contribution is 2.41. The van der Waals surface area contributed by atoms with E-state index in [2.05, 4.69) is 5.32 Å². The minimum absolute atomic E-state index is 0.0207. The van der Waals surface area contributed by atoms with Crippen LogP contribution in [0.4, 0.5) is 0 Å². The molecule has 1 rings (SSSR count). The van der Waals surface area contributed by atoms with Gasteiger partial charge in [-0.2, -0.15) is 0 Å². The van der Waals surface area contributed by atoms with E-state index in [9.17, 15) is 14.7 Å². The molecule has 0 aliphatic heterocycles. The minimum atomic E-state index is -0.889. The topological polar surface area (TPSA) is 84.9 Å². The van der Waals surface area contributed by atoms with Crippen LogP contribution in [0.3, 0.4) is 0 Å². The zero-order chi connectivity index (χ0) is 14.5. The Labute approximate surface area is 113 Å². The first kappa shape index (κ1) is 15.9. The lowest BCUT2D eigenvalue weighted by Gasteiger charge is -2.26. The Morgan fingerprint density at radius 2 is 1.79 bits per heavy atom. The number of amides is 1. The molecule has 0 heterocycles. The minimum Gasteiger partial charge on any atom is -0.481 e. The second kappa shape index (κ2) is 6.86. The van der Waals surface area contributed by atoms with E-state index in [-0.39, 0.29) is 18.4 Å². The summed E-state index contributed by atoms with van der Waals surface area (Å²) in [6.07, 6.45) is 2.37. The Morgan fingerprint density at radius 3 is 2.21 bits per heavy atom. The smallest absolute Gasteiger partial charge is 0.310 e. The van der Waals surface area contributed by atoms with Gasteiger partial charge in [-0.25, -0.2) is 0 Å².